The highest BCUT2D eigenvalue weighted by atomic mass is 16.6. The van der Waals surface area contributed by atoms with Gasteiger partial charge >= 0.3 is 12.2 Å². The molecule has 3 aliphatic rings. The summed E-state index contributed by atoms with van der Waals surface area (Å²) >= 11 is 0. The van der Waals surface area contributed by atoms with Gasteiger partial charge in [0.15, 0.2) is 0 Å². The zero-order valence-electron chi connectivity index (χ0n) is 31.0. The van der Waals surface area contributed by atoms with E-state index in [-0.39, 0.29) is 31.3 Å². The molecule has 0 radical (unpaired) electrons. The topological polar surface area (TPSA) is 136 Å². The average molecular weight is 701 g/mol. The SMILES string of the molecule is O=C=NCC1CCCCCCCCC(NC(=O)OCCOC(=O)NC2CCCCCCC(N=C=O)CCC3CC3CCC2)CCCCCCC1. The predicted molar refractivity (Wildman–Crippen MR) is 197 cm³/mol. The molecule has 6 unspecified atom stereocenters. The van der Waals surface area contributed by atoms with Gasteiger partial charge in [-0.3, -0.25) is 0 Å². The number of rotatable bonds is 8. The molecule has 10 nitrogen and oxygen atoms in total. The van der Waals surface area contributed by atoms with E-state index in [1.54, 1.807) is 12.2 Å². The summed E-state index contributed by atoms with van der Waals surface area (Å²) < 4.78 is 10.9. The van der Waals surface area contributed by atoms with Gasteiger partial charge in [0.1, 0.15) is 13.2 Å². The Kier molecular flexibility index (Phi) is 22.5. The van der Waals surface area contributed by atoms with E-state index in [9.17, 15) is 19.2 Å². The number of nitrogens with one attached hydrogen (secondary N) is 2. The van der Waals surface area contributed by atoms with E-state index in [4.69, 9.17) is 9.47 Å². The molecule has 0 saturated heterocycles. The van der Waals surface area contributed by atoms with Crippen LogP contribution in [0.15, 0.2) is 9.98 Å². The molecule has 3 fully saturated rings. The van der Waals surface area contributed by atoms with Gasteiger partial charge in [0.05, 0.1) is 12.6 Å². The summed E-state index contributed by atoms with van der Waals surface area (Å²) in [5.74, 6) is 2.03. The molecule has 0 spiro atoms. The van der Waals surface area contributed by atoms with Crippen LogP contribution >= 0.6 is 0 Å². The largest absolute Gasteiger partial charge is 0.446 e. The van der Waals surface area contributed by atoms with Crippen LogP contribution in [0.25, 0.3) is 0 Å². The fraction of sp³-hybridized carbons (Fsp3) is 0.900. The third-order valence-electron chi connectivity index (χ3n) is 11.3. The lowest BCUT2D eigenvalue weighted by Gasteiger charge is -2.20. The molecule has 2 N–H and O–H groups in total. The summed E-state index contributed by atoms with van der Waals surface area (Å²) in [5.41, 5.74) is 0. The Balaban J connectivity index is 1.32. The standard InChI is InChI=1S/C40H68N4O6/c45-31-41-30-33-17-10-4-1-2-6-13-21-37(22-14-7-3-5-11-18-33)43-39(47)49-27-28-50-40(48)44-38-23-15-9-8-12-20-36(42-32-46)26-25-35-29-34(35)19-16-24-38/h33-38H,1-30H2,(H,43,47)(H,44,48). The number of hydrogen-bond donors (Lipinski definition) is 2. The lowest BCUT2D eigenvalue weighted by Crippen LogP contribution is -2.37. The highest BCUT2D eigenvalue weighted by Crippen LogP contribution is 2.46. The average Bonchev–Trinajstić information content (AvgIpc) is 3.86. The van der Waals surface area contributed by atoms with Crippen molar-refractivity contribution in [2.24, 2.45) is 27.7 Å². The van der Waals surface area contributed by atoms with Gasteiger partial charge in [-0.2, -0.15) is 0 Å². The first kappa shape index (κ1) is 41.7. The van der Waals surface area contributed by atoms with Crippen molar-refractivity contribution in [3.63, 3.8) is 0 Å². The zero-order chi connectivity index (χ0) is 35.5. The first-order valence-electron chi connectivity index (χ1n) is 20.5. The summed E-state index contributed by atoms with van der Waals surface area (Å²) in [5, 5.41) is 6.18. The zero-order valence-corrected chi connectivity index (χ0v) is 31.0. The van der Waals surface area contributed by atoms with Gasteiger partial charge in [-0.05, 0) is 82.0 Å². The van der Waals surface area contributed by atoms with E-state index < -0.39 is 12.2 Å². The Hall–Kier alpha value is -2.70. The van der Waals surface area contributed by atoms with Crippen LogP contribution in [0, 0.1) is 17.8 Å². The van der Waals surface area contributed by atoms with Crippen molar-refractivity contribution in [2.45, 2.75) is 191 Å². The lowest BCUT2D eigenvalue weighted by molar-refractivity contribution is 0.0913. The number of alkyl carbamates (subject to hydrolysis) is 2. The molecule has 0 aromatic heterocycles. The second-order valence-electron chi connectivity index (χ2n) is 15.4. The maximum atomic E-state index is 12.7. The number of fused-ring (bicyclic) bond motifs is 1. The van der Waals surface area contributed by atoms with E-state index in [2.05, 4.69) is 20.6 Å². The molecule has 3 aliphatic carbocycles. The monoisotopic (exact) mass is 701 g/mol. The van der Waals surface area contributed by atoms with Gasteiger partial charge in [-0.1, -0.05) is 109 Å². The molecule has 3 saturated carbocycles. The van der Waals surface area contributed by atoms with E-state index in [1.165, 1.54) is 57.8 Å². The van der Waals surface area contributed by atoms with Crippen LogP contribution in [0.5, 0.6) is 0 Å². The summed E-state index contributed by atoms with van der Waals surface area (Å²) in [6.45, 7) is 0.693. The number of carbonyl (C=O) groups excluding carboxylic acids is 4. The molecule has 0 aromatic rings. The molecule has 2 amide bonds. The lowest BCUT2D eigenvalue weighted by atomic mass is 9.94. The molecule has 0 bridgehead atoms. The maximum absolute atomic E-state index is 12.7. The number of aliphatic imine (C=N–C) groups is 2. The van der Waals surface area contributed by atoms with Crippen molar-refractivity contribution in [1.82, 2.24) is 10.6 Å². The van der Waals surface area contributed by atoms with Crippen LogP contribution in [-0.4, -0.2) is 62.2 Å². The number of isocyanates is 2. The van der Waals surface area contributed by atoms with Crippen molar-refractivity contribution < 1.29 is 28.7 Å². The predicted octanol–water partition coefficient (Wildman–Crippen LogP) is 9.64. The second kappa shape index (κ2) is 27.0. The van der Waals surface area contributed by atoms with Gasteiger partial charge in [-0.25, -0.2) is 29.2 Å². The summed E-state index contributed by atoms with van der Waals surface area (Å²) in [6, 6.07) is 0.323. The first-order valence-corrected chi connectivity index (χ1v) is 20.5. The van der Waals surface area contributed by atoms with Crippen LogP contribution in [-0.2, 0) is 19.1 Å². The highest BCUT2D eigenvalue weighted by molar-refractivity contribution is 5.68. The Morgan fingerprint density at radius 2 is 0.980 bits per heavy atom. The third-order valence-corrected chi connectivity index (χ3v) is 11.3. The fourth-order valence-corrected chi connectivity index (χ4v) is 8.16. The van der Waals surface area contributed by atoms with E-state index in [0.717, 1.165) is 127 Å². The van der Waals surface area contributed by atoms with Crippen molar-refractivity contribution in [3.05, 3.63) is 0 Å². The van der Waals surface area contributed by atoms with Crippen molar-refractivity contribution in [1.29, 1.82) is 0 Å². The van der Waals surface area contributed by atoms with Gasteiger partial charge in [0, 0.05) is 12.1 Å². The number of amides is 2. The van der Waals surface area contributed by atoms with Crippen LogP contribution in [0.1, 0.15) is 173 Å². The smallest absolute Gasteiger partial charge is 0.407 e. The molecular formula is C40H68N4O6. The Morgan fingerprint density at radius 3 is 1.50 bits per heavy atom. The molecule has 0 aromatic carbocycles. The fourth-order valence-electron chi connectivity index (χ4n) is 8.16. The number of hydrogen-bond acceptors (Lipinski definition) is 8. The van der Waals surface area contributed by atoms with Crippen LogP contribution < -0.4 is 10.6 Å². The first-order chi connectivity index (χ1) is 24.6. The minimum absolute atomic E-state index is 0.0349. The summed E-state index contributed by atoms with van der Waals surface area (Å²) in [7, 11) is 0. The number of ether oxygens (including phenoxy) is 2. The molecule has 0 aliphatic heterocycles. The second-order valence-corrected chi connectivity index (χ2v) is 15.4. The molecule has 10 heteroatoms. The molecule has 284 valence electrons. The van der Waals surface area contributed by atoms with Crippen LogP contribution in [0.3, 0.4) is 0 Å². The van der Waals surface area contributed by atoms with Gasteiger partial charge in [0.25, 0.3) is 0 Å². The van der Waals surface area contributed by atoms with Gasteiger partial charge in [-0.15, -0.1) is 0 Å². The van der Waals surface area contributed by atoms with E-state index >= 15 is 0 Å². The van der Waals surface area contributed by atoms with Crippen LogP contribution in [0.2, 0.25) is 0 Å². The molecule has 0 heterocycles. The van der Waals surface area contributed by atoms with E-state index in [0.29, 0.717) is 12.5 Å². The third kappa shape index (κ3) is 20.2. The van der Waals surface area contributed by atoms with Gasteiger partial charge in [0.2, 0.25) is 12.2 Å². The minimum Gasteiger partial charge on any atom is -0.446 e. The van der Waals surface area contributed by atoms with E-state index in [1.807, 2.05) is 0 Å². The van der Waals surface area contributed by atoms with Crippen LogP contribution in [0.4, 0.5) is 9.59 Å². The van der Waals surface area contributed by atoms with Crippen molar-refractivity contribution in [3.8, 4) is 0 Å². The Bertz CT molecular complexity index is 1030. The normalized spacial score (nSPS) is 28.6. The Morgan fingerprint density at radius 1 is 0.520 bits per heavy atom. The highest BCUT2D eigenvalue weighted by Gasteiger charge is 2.36. The molecule has 6 atom stereocenters. The quantitative estimate of drug-likeness (QED) is 0.147. The number of carbonyl (C=O) groups is 2. The van der Waals surface area contributed by atoms with Crippen molar-refractivity contribution >= 4 is 24.3 Å². The summed E-state index contributed by atoms with van der Waals surface area (Å²) in [6.07, 6.45) is 32.6. The molecule has 3 rings (SSSR count). The Labute approximate surface area is 302 Å². The molecular weight excluding hydrogens is 632 g/mol. The van der Waals surface area contributed by atoms with Gasteiger partial charge < -0.3 is 20.1 Å². The minimum atomic E-state index is -0.436. The number of nitrogens with zero attached hydrogens (tertiary/aromatic N) is 2. The van der Waals surface area contributed by atoms with Crippen molar-refractivity contribution in [2.75, 3.05) is 19.8 Å². The maximum Gasteiger partial charge on any atom is 0.407 e. The summed E-state index contributed by atoms with van der Waals surface area (Å²) in [4.78, 5) is 54.7. The molecule has 50 heavy (non-hydrogen) atoms.